The summed E-state index contributed by atoms with van der Waals surface area (Å²) in [7, 11) is 0. The first-order valence-electron chi connectivity index (χ1n) is 2.10. The Morgan fingerprint density at radius 1 is 1.22 bits per heavy atom. The van der Waals surface area contributed by atoms with E-state index in [1.807, 2.05) is 0 Å². The van der Waals surface area contributed by atoms with Gasteiger partial charge in [-0.15, -0.1) is 0 Å². The topological polar surface area (TPSA) is 0 Å². The maximum absolute atomic E-state index is 12.1. The van der Waals surface area contributed by atoms with Crippen molar-refractivity contribution in [2.24, 2.45) is 0 Å². The molecule has 0 fully saturated rings. The summed E-state index contributed by atoms with van der Waals surface area (Å²) in [5.74, 6) is -2.41. The Morgan fingerprint density at radius 2 is 1.89 bits per heavy atom. The van der Waals surface area contributed by atoms with Crippen molar-refractivity contribution in [1.82, 2.24) is 0 Å². The minimum atomic E-state index is -1.31. The quantitative estimate of drug-likeness (QED) is 0.576. The van der Waals surface area contributed by atoms with Crippen LogP contribution in [0.4, 0.5) is 13.2 Å². The lowest BCUT2D eigenvalue weighted by Crippen LogP contribution is -1.89. The first-order chi connectivity index (χ1) is 4.22. The maximum Gasteiger partial charge on any atom is 0.200 e. The van der Waals surface area contributed by atoms with E-state index in [0.29, 0.717) is 0 Å². The van der Waals surface area contributed by atoms with Gasteiger partial charge in [0.15, 0.2) is 15.4 Å². The summed E-state index contributed by atoms with van der Waals surface area (Å²) in [6.07, 6.45) is 0.964. The average Bonchev–Trinajstić information content (AvgIpc) is 1.83. The van der Waals surface area contributed by atoms with Crippen molar-refractivity contribution in [3.05, 3.63) is 21.8 Å². The molecule has 0 saturated carbocycles. The van der Waals surface area contributed by atoms with Crippen molar-refractivity contribution < 1.29 is 13.2 Å². The molecule has 0 nitrogen and oxygen atoms in total. The van der Waals surface area contributed by atoms with Crippen LogP contribution in [0.2, 0.25) is 0 Å². The lowest BCUT2D eigenvalue weighted by molar-refractivity contribution is 0.570. The van der Waals surface area contributed by atoms with E-state index >= 15 is 0 Å². The molecule has 4 heteroatoms. The first kappa shape index (κ1) is 6.98. The van der Waals surface area contributed by atoms with E-state index in [9.17, 15) is 13.2 Å². The van der Waals surface area contributed by atoms with Crippen LogP contribution in [0, 0.1) is 0 Å². The van der Waals surface area contributed by atoms with Gasteiger partial charge in [0, 0.05) is 0 Å². The molecule has 0 aromatic heterocycles. The van der Waals surface area contributed by atoms with E-state index in [-0.39, 0.29) is 0 Å². The Balaban J connectivity index is 3.06. The van der Waals surface area contributed by atoms with Crippen molar-refractivity contribution in [2.45, 2.75) is 0 Å². The van der Waals surface area contributed by atoms with Crippen LogP contribution >= 0.6 is 20.7 Å². The molecule has 0 aromatic rings. The maximum atomic E-state index is 12.1. The van der Waals surface area contributed by atoms with Gasteiger partial charge in [0.2, 0.25) is 0 Å². The minimum absolute atomic E-state index is 0.922. The molecule has 0 atom stereocenters. The van der Waals surface area contributed by atoms with Crippen molar-refractivity contribution >= 4 is 24.5 Å². The van der Waals surface area contributed by atoms with Crippen LogP contribution < -0.4 is 0 Å². The van der Waals surface area contributed by atoms with Gasteiger partial charge in [0.1, 0.15) is 0 Å². The van der Waals surface area contributed by atoms with E-state index in [1.54, 1.807) is 0 Å². The lowest BCUT2D eigenvalue weighted by Gasteiger charge is -1.95. The molecular weight excluding hydrogens is 244 g/mol. The predicted octanol–water partition coefficient (Wildman–Crippen LogP) is 2.73. The highest BCUT2D eigenvalue weighted by Gasteiger charge is 2.11. The SMILES string of the molecule is FC1=IC=CC(F)=C1F. The fourth-order valence-corrected chi connectivity index (χ4v) is 1.70. The standard InChI is InChI=1S/C5H2F3I/c6-3-1-2-9-5(8)4(3)7/h1-2H. The van der Waals surface area contributed by atoms with Gasteiger partial charge in [-0.3, -0.25) is 0 Å². The number of hydrogen-bond donors (Lipinski definition) is 0. The summed E-state index contributed by atoms with van der Waals surface area (Å²) in [6.45, 7) is 0. The third-order valence-corrected chi connectivity index (χ3v) is 2.48. The van der Waals surface area contributed by atoms with Crippen LogP contribution in [0.3, 0.4) is 0 Å². The van der Waals surface area contributed by atoms with E-state index in [1.165, 1.54) is 4.08 Å². The zero-order valence-electron chi connectivity index (χ0n) is 4.17. The molecule has 0 aliphatic carbocycles. The summed E-state index contributed by atoms with van der Waals surface area (Å²) in [5, 5.41) is 0. The molecule has 1 aliphatic heterocycles. The second-order valence-corrected chi connectivity index (χ2v) is 3.61. The van der Waals surface area contributed by atoms with Crippen LogP contribution in [0.25, 0.3) is 0 Å². The Hall–Kier alpha value is -0.130. The predicted molar refractivity (Wildman–Crippen MR) is 38.5 cm³/mol. The Morgan fingerprint density at radius 3 is 2.33 bits per heavy atom. The van der Waals surface area contributed by atoms with Crippen LogP contribution in [-0.2, 0) is 0 Å². The Labute approximate surface area is 59.8 Å². The molecule has 0 saturated heterocycles. The number of rotatable bonds is 0. The van der Waals surface area contributed by atoms with Gasteiger partial charge in [-0.25, -0.2) is 4.39 Å². The van der Waals surface area contributed by atoms with Crippen LogP contribution in [0.15, 0.2) is 21.8 Å². The fraction of sp³-hybridized carbons (Fsp3) is 0. The third kappa shape index (κ3) is 1.41. The van der Waals surface area contributed by atoms with Gasteiger partial charge in [-0.1, -0.05) is 0 Å². The van der Waals surface area contributed by atoms with Gasteiger partial charge < -0.3 is 0 Å². The molecule has 50 valence electrons. The molecule has 0 spiro atoms. The minimum Gasteiger partial charge on any atom is -0.204 e. The Kier molecular flexibility index (Phi) is 2.05. The highest BCUT2D eigenvalue weighted by atomic mass is 127. The van der Waals surface area contributed by atoms with Crippen molar-refractivity contribution in [3.63, 3.8) is 0 Å². The summed E-state index contributed by atoms with van der Waals surface area (Å²) in [6, 6.07) is 0. The second kappa shape index (κ2) is 2.64. The molecular formula is C5H2F3I. The van der Waals surface area contributed by atoms with Crippen LogP contribution in [0.1, 0.15) is 0 Å². The van der Waals surface area contributed by atoms with Crippen LogP contribution in [0.5, 0.6) is 0 Å². The van der Waals surface area contributed by atoms with E-state index < -0.39 is 36.1 Å². The van der Waals surface area contributed by atoms with Crippen molar-refractivity contribution in [3.8, 4) is 0 Å². The van der Waals surface area contributed by atoms with E-state index in [2.05, 4.69) is 0 Å². The average molecular weight is 246 g/mol. The highest BCUT2D eigenvalue weighted by molar-refractivity contribution is 14.2. The molecule has 0 bridgehead atoms. The lowest BCUT2D eigenvalue weighted by atomic mass is 10.4. The highest BCUT2D eigenvalue weighted by Crippen LogP contribution is 2.23. The number of hydrogen-bond acceptors (Lipinski definition) is 0. The third-order valence-electron chi connectivity index (χ3n) is 0.744. The zero-order chi connectivity index (χ0) is 6.85. The smallest absolute Gasteiger partial charge is 0.200 e. The molecule has 1 heterocycles. The van der Waals surface area contributed by atoms with Gasteiger partial charge in [0.25, 0.3) is 0 Å². The largest absolute Gasteiger partial charge is 0.204 e. The normalized spacial score (nSPS) is 19.2. The number of halogens is 4. The van der Waals surface area contributed by atoms with Gasteiger partial charge in [-0.05, 0) is 30.9 Å². The van der Waals surface area contributed by atoms with Crippen molar-refractivity contribution in [2.75, 3.05) is 0 Å². The van der Waals surface area contributed by atoms with Gasteiger partial charge >= 0.3 is 0 Å². The monoisotopic (exact) mass is 246 g/mol. The summed E-state index contributed by atoms with van der Waals surface area (Å²) in [4.78, 5) is 0. The Bertz CT molecular complexity index is 214. The second-order valence-electron chi connectivity index (χ2n) is 1.32. The molecule has 1 rings (SSSR count). The van der Waals surface area contributed by atoms with E-state index in [4.69, 9.17) is 0 Å². The van der Waals surface area contributed by atoms with Crippen LogP contribution in [-0.4, -0.2) is 3.76 Å². The molecule has 0 unspecified atom stereocenters. The molecule has 0 aromatic carbocycles. The van der Waals surface area contributed by atoms with E-state index in [0.717, 1.165) is 6.08 Å². The molecule has 0 amide bonds. The summed E-state index contributed by atoms with van der Waals surface area (Å²) < 4.78 is 36.5. The molecule has 0 radical (unpaired) electrons. The first-order valence-corrected chi connectivity index (χ1v) is 4.42. The summed E-state index contributed by atoms with van der Waals surface area (Å²) in [5.41, 5.74) is 0. The zero-order valence-corrected chi connectivity index (χ0v) is 6.32. The number of allylic oxidation sites excluding steroid dienone is 3. The molecule has 0 N–H and O–H groups in total. The summed E-state index contributed by atoms with van der Waals surface area (Å²) >= 11 is -1.02. The van der Waals surface area contributed by atoms with Gasteiger partial charge in [-0.2, -0.15) is 8.78 Å². The van der Waals surface area contributed by atoms with Gasteiger partial charge in [0.05, 0.1) is 0 Å². The fourth-order valence-electron chi connectivity index (χ4n) is 0.353. The molecule has 9 heavy (non-hydrogen) atoms. The van der Waals surface area contributed by atoms with Crippen molar-refractivity contribution in [1.29, 1.82) is 0 Å². The molecule has 1 aliphatic rings.